The van der Waals surface area contributed by atoms with Crippen molar-refractivity contribution in [2.75, 3.05) is 30.9 Å². The van der Waals surface area contributed by atoms with Gasteiger partial charge in [0.25, 0.3) is 0 Å². The van der Waals surface area contributed by atoms with Gasteiger partial charge in [-0.25, -0.2) is 22.8 Å². The molecule has 0 atom stereocenters. The predicted octanol–water partition coefficient (Wildman–Crippen LogP) is 5.00. The molecule has 35 heavy (non-hydrogen) atoms. The molecule has 2 heterocycles. The number of ether oxygens (including phenoxy) is 1. The van der Waals surface area contributed by atoms with Gasteiger partial charge in [0, 0.05) is 38.3 Å². The molecule has 0 amide bonds. The molecule has 0 unspecified atom stereocenters. The van der Waals surface area contributed by atoms with Crippen LogP contribution in [0.15, 0.2) is 35.5 Å². The largest absolute Gasteiger partial charge is 0.419 e. The minimum absolute atomic E-state index is 0.00768. The second-order valence-electron chi connectivity index (χ2n) is 9.46. The number of rotatable bonds is 6. The Kier molecular flexibility index (Phi) is 7.65. The first kappa shape index (κ1) is 25.8. The quantitative estimate of drug-likeness (QED) is 0.505. The number of benzene rings is 1. The fraction of sp³-hybridized carbons (Fsp3) is 0.583. The monoisotopic (exact) mass is 515 g/mol. The maximum Gasteiger partial charge on any atom is 0.419 e. The SMILES string of the molecule is CS(=O)(=O)c1ccc(C2CCC(OCC3CCN(c4ncc(C(F)(F)F)cn4)CC3)CC2)c(F)c1. The molecule has 0 spiro atoms. The molecule has 192 valence electrons. The molecule has 1 aliphatic carbocycles. The lowest BCUT2D eigenvalue weighted by molar-refractivity contribution is -0.138. The molecule has 2 fully saturated rings. The minimum atomic E-state index is -4.45. The van der Waals surface area contributed by atoms with Crippen LogP contribution in [-0.4, -0.2) is 50.4 Å². The molecule has 0 N–H and O–H groups in total. The van der Waals surface area contributed by atoms with E-state index >= 15 is 0 Å². The molecular formula is C24H29F4N3O3S. The summed E-state index contributed by atoms with van der Waals surface area (Å²) in [5.41, 5.74) is -0.290. The third kappa shape index (κ3) is 6.49. The summed E-state index contributed by atoms with van der Waals surface area (Å²) >= 11 is 0. The smallest absolute Gasteiger partial charge is 0.378 e. The number of piperidine rings is 1. The highest BCUT2D eigenvalue weighted by molar-refractivity contribution is 7.90. The summed E-state index contributed by atoms with van der Waals surface area (Å²) in [7, 11) is -3.44. The van der Waals surface area contributed by atoms with Crippen LogP contribution in [0.25, 0.3) is 0 Å². The Labute approximate surface area is 202 Å². The van der Waals surface area contributed by atoms with Crippen molar-refractivity contribution < 1.29 is 30.7 Å². The normalized spacial score (nSPS) is 22.4. The van der Waals surface area contributed by atoms with Gasteiger partial charge in [0.1, 0.15) is 5.82 Å². The number of aromatic nitrogens is 2. The van der Waals surface area contributed by atoms with Crippen LogP contribution in [0.5, 0.6) is 0 Å². The number of halogens is 4. The standard InChI is InChI=1S/C24H29F4N3O3S/c1-35(32,33)20-6-7-21(22(25)12-20)17-2-4-19(5-3-17)34-15-16-8-10-31(11-9-16)23-29-13-18(14-30-23)24(26,27)28/h6-7,12-14,16-17,19H,2-5,8-11,15H2,1H3. The van der Waals surface area contributed by atoms with E-state index in [4.69, 9.17) is 4.74 Å². The van der Waals surface area contributed by atoms with E-state index in [0.29, 0.717) is 37.1 Å². The van der Waals surface area contributed by atoms with Gasteiger partial charge in [-0.2, -0.15) is 13.2 Å². The summed E-state index contributed by atoms with van der Waals surface area (Å²) in [6.45, 7) is 1.94. The molecule has 1 aromatic heterocycles. The first-order valence-corrected chi connectivity index (χ1v) is 13.6. The van der Waals surface area contributed by atoms with Crippen LogP contribution < -0.4 is 4.90 Å². The van der Waals surface area contributed by atoms with Crippen molar-refractivity contribution >= 4 is 15.8 Å². The maximum atomic E-state index is 14.5. The highest BCUT2D eigenvalue weighted by Gasteiger charge is 2.32. The molecule has 1 saturated carbocycles. The molecule has 0 radical (unpaired) electrons. The lowest BCUT2D eigenvalue weighted by atomic mass is 9.82. The zero-order valence-corrected chi connectivity index (χ0v) is 20.3. The molecule has 1 aromatic carbocycles. The van der Waals surface area contributed by atoms with Gasteiger partial charge in [0.15, 0.2) is 9.84 Å². The van der Waals surface area contributed by atoms with Crippen molar-refractivity contribution in [2.24, 2.45) is 5.92 Å². The first-order valence-electron chi connectivity index (χ1n) is 11.8. The summed E-state index contributed by atoms with van der Waals surface area (Å²) in [5.74, 6) is 0.253. The van der Waals surface area contributed by atoms with E-state index in [1.165, 1.54) is 6.07 Å². The highest BCUT2D eigenvalue weighted by Crippen LogP contribution is 2.36. The number of hydrogen-bond acceptors (Lipinski definition) is 6. The van der Waals surface area contributed by atoms with E-state index < -0.39 is 27.4 Å². The Balaban J connectivity index is 1.20. The molecule has 4 rings (SSSR count). The summed E-state index contributed by atoms with van der Waals surface area (Å²) in [6.07, 6.45) is 3.25. The average molecular weight is 516 g/mol. The Morgan fingerprint density at radius 3 is 2.20 bits per heavy atom. The van der Waals surface area contributed by atoms with Gasteiger partial charge in [-0.3, -0.25) is 0 Å². The maximum absolute atomic E-state index is 14.5. The van der Waals surface area contributed by atoms with Gasteiger partial charge < -0.3 is 9.64 Å². The lowest BCUT2D eigenvalue weighted by Crippen LogP contribution is -2.37. The predicted molar refractivity (Wildman–Crippen MR) is 122 cm³/mol. The number of anilines is 1. The van der Waals surface area contributed by atoms with Crippen molar-refractivity contribution in [3.63, 3.8) is 0 Å². The van der Waals surface area contributed by atoms with Crippen LogP contribution in [0.1, 0.15) is 55.6 Å². The summed E-state index contributed by atoms with van der Waals surface area (Å²) in [4.78, 5) is 9.64. The number of alkyl halides is 3. The Morgan fingerprint density at radius 2 is 1.66 bits per heavy atom. The van der Waals surface area contributed by atoms with E-state index in [2.05, 4.69) is 9.97 Å². The summed E-state index contributed by atoms with van der Waals surface area (Å²) in [6, 6.07) is 4.17. The minimum Gasteiger partial charge on any atom is -0.378 e. The summed E-state index contributed by atoms with van der Waals surface area (Å²) < 4.78 is 82.0. The van der Waals surface area contributed by atoms with E-state index in [9.17, 15) is 26.0 Å². The zero-order chi connectivity index (χ0) is 25.2. The fourth-order valence-corrected chi connectivity index (χ4v) is 5.45. The average Bonchev–Trinajstić information content (AvgIpc) is 2.82. The Morgan fingerprint density at radius 1 is 1.03 bits per heavy atom. The van der Waals surface area contributed by atoms with Gasteiger partial charge in [0.2, 0.25) is 5.95 Å². The molecule has 6 nitrogen and oxygen atoms in total. The highest BCUT2D eigenvalue weighted by atomic mass is 32.2. The van der Waals surface area contributed by atoms with Crippen molar-refractivity contribution in [1.82, 2.24) is 9.97 Å². The Hall–Kier alpha value is -2.27. The number of hydrogen-bond donors (Lipinski definition) is 0. The van der Waals surface area contributed by atoms with Crippen molar-refractivity contribution in [3.05, 3.63) is 47.5 Å². The Bertz CT molecular complexity index is 1110. The third-order valence-electron chi connectivity index (χ3n) is 6.94. The van der Waals surface area contributed by atoms with Gasteiger partial charge in [0.05, 0.1) is 16.6 Å². The van der Waals surface area contributed by atoms with Crippen LogP contribution in [0.3, 0.4) is 0 Å². The molecule has 11 heteroatoms. The van der Waals surface area contributed by atoms with E-state index in [-0.39, 0.29) is 16.9 Å². The van der Waals surface area contributed by atoms with Crippen LogP contribution >= 0.6 is 0 Å². The van der Waals surface area contributed by atoms with Gasteiger partial charge >= 0.3 is 6.18 Å². The second-order valence-corrected chi connectivity index (χ2v) is 11.5. The van der Waals surface area contributed by atoms with E-state index in [1.54, 1.807) is 6.07 Å². The number of nitrogens with zero attached hydrogens (tertiary/aromatic N) is 3. The molecule has 1 aliphatic heterocycles. The van der Waals surface area contributed by atoms with Crippen LogP contribution in [-0.2, 0) is 20.8 Å². The lowest BCUT2D eigenvalue weighted by Gasteiger charge is -2.34. The van der Waals surface area contributed by atoms with Crippen molar-refractivity contribution in [1.29, 1.82) is 0 Å². The summed E-state index contributed by atoms with van der Waals surface area (Å²) in [5, 5.41) is 0. The second kappa shape index (κ2) is 10.4. The fourth-order valence-electron chi connectivity index (χ4n) is 4.81. The third-order valence-corrected chi connectivity index (χ3v) is 8.05. The van der Waals surface area contributed by atoms with Crippen LogP contribution in [0.4, 0.5) is 23.5 Å². The molecule has 1 saturated heterocycles. The van der Waals surface area contributed by atoms with Gasteiger partial charge in [-0.15, -0.1) is 0 Å². The topological polar surface area (TPSA) is 72.4 Å². The van der Waals surface area contributed by atoms with Crippen LogP contribution in [0, 0.1) is 11.7 Å². The molecular weight excluding hydrogens is 486 g/mol. The zero-order valence-electron chi connectivity index (χ0n) is 19.5. The van der Waals surface area contributed by atoms with E-state index in [0.717, 1.165) is 63.2 Å². The first-order chi connectivity index (χ1) is 16.5. The molecule has 0 bridgehead atoms. The van der Waals surface area contributed by atoms with E-state index in [1.807, 2.05) is 4.90 Å². The molecule has 2 aliphatic rings. The van der Waals surface area contributed by atoms with Crippen molar-refractivity contribution in [3.8, 4) is 0 Å². The van der Waals surface area contributed by atoms with Crippen LogP contribution in [0.2, 0.25) is 0 Å². The number of sulfone groups is 1. The molecule has 2 aromatic rings. The van der Waals surface area contributed by atoms with Crippen molar-refractivity contribution in [2.45, 2.75) is 61.6 Å². The van der Waals surface area contributed by atoms with Gasteiger partial charge in [-0.05, 0) is 68.1 Å². The van der Waals surface area contributed by atoms with Gasteiger partial charge in [-0.1, -0.05) is 6.07 Å².